The van der Waals surface area contributed by atoms with Crippen LogP contribution in [0.15, 0.2) is 35.2 Å². The molecule has 1 heterocycles. The molecule has 110 valence electrons. The van der Waals surface area contributed by atoms with Crippen LogP contribution in [0.5, 0.6) is 11.6 Å². The summed E-state index contributed by atoms with van der Waals surface area (Å²) in [7, 11) is 0. The zero-order valence-corrected chi connectivity index (χ0v) is 13.1. The number of amides is 1. The highest BCUT2D eigenvalue weighted by Gasteiger charge is 2.19. The van der Waals surface area contributed by atoms with Crippen LogP contribution in [0, 0.1) is 0 Å². The summed E-state index contributed by atoms with van der Waals surface area (Å²) in [5.74, 6) is -0.242. The predicted octanol–water partition coefficient (Wildman–Crippen LogP) is 3.02. The highest BCUT2D eigenvalue weighted by Crippen LogP contribution is 2.29. The lowest BCUT2D eigenvalue weighted by atomic mass is 10.3. The Morgan fingerprint density at radius 2 is 2.00 bits per heavy atom. The second-order valence-electron chi connectivity index (χ2n) is 3.99. The Morgan fingerprint density at radius 1 is 1.29 bits per heavy atom. The zero-order valence-electron chi connectivity index (χ0n) is 10.8. The highest BCUT2D eigenvalue weighted by atomic mass is 35.5. The second-order valence-corrected chi connectivity index (χ2v) is 6.16. The number of hydrogen-bond acceptors (Lipinski definition) is 4. The molecular formula is C13H10Cl2N2O3S. The van der Waals surface area contributed by atoms with Gasteiger partial charge in [0.2, 0.25) is 5.88 Å². The van der Waals surface area contributed by atoms with E-state index in [1.807, 2.05) is 0 Å². The van der Waals surface area contributed by atoms with Crippen molar-refractivity contribution in [3.8, 4) is 11.6 Å². The number of carbonyl (C=O) groups excluding carboxylic acids is 1. The van der Waals surface area contributed by atoms with Gasteiger partial charge in [-0.25, -0.2) is 4.98 Å². The van der Waals surface area contributed by atoms with E-state index in [0.717, 1.165) is 0 Å². The Bertz CT molecular complexity index is 695. The van der Waals surface area contributed by atoms with Gasteiger partial charge in [-0.05, 0) is 23.3 Å². The van der Waals surface area contributed by atoms with E-state index in [9.17, 15) is 9.35 Å². The van der Waals surface area contributed by atoms with Gasteiger partial charge in [0.15, 0.2) is 10.6 Å². The number of nitrogens with zero attached hydrogens (tertiary/aromatic N) is 1. The van der Waals surface area contributed by atoms with Gasteiger partial charge in [0.05, 0.1) is 10.0 Å². The Kier molecular flexibility index (Phi) is 4.95. The smallest absolute Gasteiger partial charge is 0.272 e. The van der Waals surface area contributed by atoms with Gasteiger partial charge in [-0.1, -0.05) is 23.2 Å². The van der Waals surface area contributed by atoms with Gasteiger partial charge in [-0.3, -0.25) is 4.79 Å². The van der Waals surface area contributed by atoms with Crippen molar-refractivity contribution in [1.82, 2.24) is 4.98 Å². The van der Waals surface area contributed by atoms with Crippen molar-refractivity contribution in [2.45, 2.75) is 4.90 Å². The molecule has 1 unspecified atom stereocenters. The zero-order chi connectivity index (χ0) is 15.6. The molecular weight excluding hydrogens is 335 g/mol. The van der Waals surface area contributed by atoms with Gasteiger partial charge >= 0.3 is 0 Å². The average Bonchev–Trinajstić information content (AvgIpc) is 2.42. The fraction of sp³-hybridized carbons (Fsp3) is 0.0769. The number of rotatable bonds is 4. The van der Waals surface area contributed by atoms with E-state index in [4.69, 9.17) is 33.7 Å². The molecule has 21 heavy (non-hydrogen) atoms. The van der Waals surface area contributed by atoms with Crippen molar-refractivity contribution in [1.29, 1.82) is 0 Å². The Labute approximate surface area is 134 Å². The number of nitrogens with two attached hydrogens (primary N) is 1. The van der Waals surface area contributed by atoms with Crippen molar-refractivity contribution < 1.29 is 14.1 Å². The third kappa shape index (κ3) is 3.79. The Hall–Kier alpha value is -1.47. The molecule has 0 saturated carbocycles. The van der Waals surface area contributed by atoms with Crippen LogP contribution >= 0.6 is 23.2 Å². The van der Waals surface area contributed by atoms with E-state index in [1.165, 1.54) is 24.5 Å². The molecule has 8 heteroatoms. The molecule has 0 radical (unpaired) electrons. The predicted molar refractivity (Wildman–Crippen MR) is 81.6 cm³/mol. The first-order valence-electron chi connectivity index (χ1n) is 5.65. The molecule has 0 bridgehead atoms. The number of halogens is 2. The van der Waals surface area contributed by atoms with Crippen molar-refractivity contribution in [3.63, 3.8) is 0 Å². The molecule has 1 atom stereocenters. The number of carbonyl (C=O) groups is 1. The van der Waals surface area contributed by atoms with Crippen LogP contribution in [0.25, 0.3) is 0 Å². The van der Waals surface area contributed by atoms with E-state index in [0.29, 0.717) is 15.8 Å². The topological polar surface area (TPSA) is 88.3 Å². The van der Waals surface area contributed by atoms with Gasteiger partial charge in [-0.2, -0.15) is 0 Å². The summed E-state index contributed by atoms with van der Waals surface area (Å²) < 4.78 is 17.0. The maximum absolute atomic E-state index is 11.5. The van der Waals surface area contributed by atoms with Gasteiger partial charge in [0.25, 0.3) is 5.91 Å². The monoisotopic (exact) mass is 344 g/mol. The van der Waals surface area contributed by atoms with E-state index in [-0.39, 0.29) is 16.5 Å². The quantitative estimate of drug-likeness (QED) is 0.863. The third-order valence-corrected chi connectivity index (χ3v) is 4.18. The standard InChI is InChI=1S/C13H10Cl2N2O3S/c1-21(19)10-4-5-11(17-12(10)13(16)18)20-7-2-3-8(14)9(15)6-7/h2-6H,1H3,(H2,16,18). The first-order valence-corrected chi connectivity index (χ1v) is 7.97. The minimum atomic E-state index is -1.38. The van der Waals surface area contributed by atoms with E-state index < -0.39 is 17.1 Å². The first kappa shape index (κ1) is 15.9. The molecule has 0 saturated heterocycles. The minimum Gasteiger partial charge on any atom is -0.612 e. The highest BCUT2D eigenvalue weighted by molar-refractivity contribution is 7.90. The van der Waals surface area contributed by atoms with Gasteiger partial charge in [0.1, 0.15) is 12.0 Å². The molecule has 1 amide bonds. The molecule has 0 aliphatic rings. The van der Waals surface area contributed by atoms with Crippen LogP contribution < -0.4 is 10.5 Å². The van der Waals surface area contributed by atoms with Crippen LogP contribution in [0.1, 0.15) is 10.5 Å². The summed E-state index contributed by atoms with van der Waals surface area (Å²) in [6.07, 6.45) is 1.43. The first-order chi connectivity index (χ1) is 9.88. The van der Waals surface area contributed by atoms with Crippen molar-refractivity contribution in [2.75, 3.05) is 6.26 Å². The van der Waals surface area contributed by atoms with E-state index in [2.05, 4.69) is 4.98 Å². The SMILES string of the molecule is C[S+]([O-])c1ccc(Oc2ccc(Cl)c(Cl)c2)nc1C(N)=O. The third-order valence-electron chi connectivity index (χ3n) is 2.49. The Balaban J connectivity index is 2.34. The lowest BCUT2D eigenvalue weighted by Crippen LogP contribution is -2.18. The van der Waals surface area contributed by atoms with Crippen molar-refractivity contribution in [2.24, 2.45) is 5.73 Å². The molecule has 0 aliphatic carbocycles. The molecule has 5 nitrogen and oxygen atoms in total. The van der Waals surface area contributed by atoms with Gasteiger partial charge in [-0.15, -0.1) is 0 Å². The van der Waals surface area contributed by atoms with E-state index >= 15 is 0 Å². The molecule has 0 aliphatic heterocycles. The number of hydrogen-bond donors (Lipinski definition) is 1. The summed E-state index contributed by atoms with van der Waals surface area (Å²) in [5.41, 5.74) is 5.14. The van der Waals surface area contributed by atoms with Crippen LogP contribution in [-0.2, 0) is 11.2 Å². The lowest BCUT2D eigenvalue weighted by molar-refractivity contribution is 0.0991. The van der Waals surface area contributed by atoms with Crippen LogP contribution in [0.2, 0.25) is 10.0 Å². The molecule has 2 N–H and O–H groups in total. The average molecular weight is 345 g/mol. The molecule has 2 rings (SSSR count). The van der Waals surface area contributed by atoms with Crippen LogP contribution in [-0.4, -0.2) is 21.7 Å². The second kappa shape index (κ2) is 6.53. The molecule has 0 spiro atoms. The fourth-order valence-corrected chi connectivity index (χ4v) is 2.52. The number of ether oxygens (including phenoxy) is 1. The van der Waals surface area contributed by atoms with Crippen LogP contribution in [0.4, 0.5) is 0 Å². The maximum Gasteiger partial charge on any atom is 0.272 e. The van der Waals surface area contributed by atoms with Crippen molar-refractivity contribution in [3.05, 3.63) is 46.1 Å². The molecule has 1 aromatic carbocycles. The summed E-state index contributed by atoms with van der Waals surface area (Å²) >= 11 is 10.3. The van der Waals surface area contributed by atoms with Crippen molar-refractivity contribution >= 4 is 40.3 Å². The number of benzene rings is 1. The van der Waals surface area contributed by atoms with Crippen LogP contribution in [0.3, 0.4) is 0 Å². The fourth-order valence-electron chi connectivity index (χ4n) is 1.55. The molecule has 0 fully saturated rings. The minimum absolute atomic E-state index is 0.0895. The molecule has 2 aromatic rings. The normalized spacial score (nSPS) is 12.0. The number of pyridine rings is 1. The summed E-state index contributed by atoms with van der Waals surface area (Å²) in [4.78, 5) is 15.6. The molecule has 1 aromatic heterocycles. The maximum atomic E-state index is 11.5. The summed E-state index contributed by atoms with van der Waals surface area (Å²) in [6.45, 7) is 0. The lowest BCUT2D eigenvalue weighted by Gasteiger charge is -2.10. The Morgan fingerprint density at radius 3 is 2.57 bits per heavy atom. The van der Waals surface area contributed by atoms with Gasteiger partial charge in [0, 0.05) is 18.2 Å². The summed E-state index contributed by atoms with van der Waals surface area (Å²) in [6, 6.07) is 7.67. The van der Waals surface area contributed by atoms with Gasteiger partial charge < -0.3 is 15.0 Å². The number of primary amides is 1. The van der Waals surface area contributed by atoms with E-state index in [1.54, 1.807) is 12.1 Å². The number of aromatic nitrogens is 1. The summed E-state index contributed by atoms with van der Waals surface area (Å²) in [5, 5.41) is 0.724. The largest absolute Gasteiger partial charge is 0.612 e.